The molecule has 0 spiro atoms. The maximum Gasteiger partial charge on any atom is 0.245 e. The Hall–Kier alpha value is -0.710. The number of sulfone groups is 1. The molecule has 1 aromatic rings. The molecular weight excluding hydrogens is 375 g/mol. The van der Waals surface area contributed by atoms with Gasteiger partial charge in [-0.3, -0.25) is 0 Å². The summed E-state index contributed by atoms with van der Waals surface area (Å²) in [5, 5.41) is 0. The SMILES string of the molecule is CN(CCS(C)(=O)=O)S(=O)(=O)c1cc(N)cc(Br)c1F. The second kappa shape index (κ2) is 5.96. The predicted molar refractivity (Wildman–Crippen MR) is 78.0 cm³/mol. The van der Waals surface area contributed by atoms with E-state index in [9.17, 15) is 21.2 Å². The summed E-state index contributed by atoms with van der Waals surface area (Å²) in [6, 6.07) is 2.23. The standard InChI is InChI=1S/C10H14BrFN2O4S2/c1-14(3-4-19(2,15)16)20(17,18)9-6-7(13)5-8(11)10(9)12/h5-6H,3-4,13H2,1-2H3. The molecule has 10 heteroatoms. The molecule has 20 heavy (non-hydrogen) atoms. The predicted octanol–water partition coefficient (Wildman–Crippen LogP) is 0.836. The van der Waals surface area contributed by atoms with Crippen molar-refractivity contribution in [1.29, 1.82) is 0 Å². The fourth-order valence-corrected chi connectivity index (χ4v) is 3.97. The summed E-state index contributed by atoms with van der Waals surface area (Å²) in [6.45, 7) is -0.271. The third-order valence-corrected chi connectivity index (χ3v) is 5.84. The van der Waals surface area contributed by atoms with Crippen LogP contribution in [0.4, 0.5) is 10.1 Å². The molecule has 6 nitrogen and oxygen atoms in total. The van der Waals surface area contributed by atoms with Crippen LogP contribution in [0.2, 0.25) is 0 Å². The molecule has 0 fully saturated rings. The molecule has 0 aliphatic heterocycles. The third kappa shape index (κ3) is 4.14. The molecule has 0 aliphatic rings. The molecule has 0 aromatic heterocycles. The monoisotopic (exact) mass is 388 g/mol. The van der Waals surface area contributed by atoms with Crippen molar-refractivity contribution in [2.45, 2.75) is 4.90 Å². The van der Waals surface area contributed by atoms with Gasteiger partial charge in [-0.1, -0.05) is 0 Å². The largest absolute Gasteiger partial charge is 0.399 e. The molecule has 0 radical (unpaired) electrons. The molecule has 0 heterocycles. The zero-order valence-electron chi connectivity index (χ0n) is 10.8. The lowest BCUT2D eigenvalue weighted by Crippen LogP contribution is -2.32. The lowest BCUT2D eigenvalue weighted by molar-refractivity contribution is 0.476. The van der Waals surface area contributed by atoms with Crippen LogP contribution in [0.3, 0.4) is 0 Å². The Kier molecular flexibility index (Phi) is 5.17. The van der Waals surface area contributed by atoms with Crippen molar-refractivity contribution in [3.05, 3.63) is 22.4 Å². The molecule has 0 saturated carbocycles. The molecule has 1 aromatic carbocycles. The van der Waals surface area contributed by atoms with Gasteiger partial charge in [-0.05, 0) is 28.1 Å². The summed E-state index contributed by atoms with van der Waals surface area (Å²) in [5.41, 5.74) is 5.57. The summed E-state index contributed by atoms with van der Waals surface area (Å²) in [6.07, 6.45) is 0.991. The van der Waals surface area contributed by atoms with E-state index in [2.05, 4.69) is 15.9 Å². The number of hydrogen-bond acceptors (Lipinski definition) is 5. The number of hydrogen-bond donors (Lipinski definition) is 1. The van der Waals surface area contributed by atoms with E-state index in [-0.39, 0.29) is 22.5 Å². The van der Waals surface area contributed by atoms with Crippen LogP contribution in [-0.2, 0) is 19.9 Å². The van der Waals surface area contributed by atoms with E-state index in [1.165, 1.54) is 13.1 Å². The second-order valence-corrected chi connectivity index (χ2v) is 9.40. The van der Waals surface area contributed by atoms with Crippen molar-refractivity contribution in [3.8, 4) is 0 Å². The van der Waals surface area contributed by atoms with Gasteiger partial charge in [0.2, 0.25) is 10.0 Å². The summed E-state index contributed by atoms with van der Waals surface area (Å²) in [5.74, 6) is -1.32. The van der Waals surface area contributed by atoms with E-state index in [1.54, 1.807) is 0 Å². The average molecular weight is 389 g/mol. The van der Waals surface area contributed by atoms with Gasteiger partial charge in [-0.2, -0.15) is 4.31 Å². The van der Waals surface area contributed by atoms with Crippen molar-refractivity contribution in [2.24, 2.45) is 0 Å². The Labute approximate surface area is 125 Å². The minimum absolute atomic E-state index is 0.0763. The van der Waals surface area contributed by atoms with E-state index in [0.29, 0.717) is 0 Å². The van der Waals surface area contributed by atoms with Crippen LogP contribution in [0, 0.1) is 5.82 Å². The van der Waals surface area contributed by atoms with Crippen molar-refractivity contribution in [1.82, 2.24) is 4.31 Å². The normalized spacial score (nSPS) is 12.8. The molecule has 114 valence electrons. The van der Waals surface area contributed by atoms with E-state index >= 15 is 0 Å². The molecule has 0 atom stereocenters. The van der Waals surface area contributed by atoms with Crippen LogP contribution < -0.4 is 5.73 Å². The number of anilines is 1. The quantitative estimate of drug-likeness (QED) is 0.753. The second-order valence-electron chi connectivity index (χ2n) is 4.27. The van der Waals surface area contributed by atoms with Crippen LogP contribution in [-0.4, -0.2) is 46.7 Å². The first-order valence-electron chi connectivity index (χ1n) is 5.34. The molecule has 0 unspecified atom stereocenters. The third-order valence-electron chi connectivity index (χ3n) is 2.48. The summed E-state index contributed by atoms with van der Waals surface area (Å²) >= 11 is 2.88. The van der Waals surface area contributed by atoms with Crippen molar-refractivity contribution >= 4 is 41.5 Å². The van der Waals surface area contributed by atoms with Gasteiger partial charge in [0.25, 0.3) is 0 Å². The molecule has 0 amide bonds. The van der Waals surface area contributed by atoms with Crippen molar-refractivity contribution in [3.63, 3.8) is 0 Å². The number of nitrogen functional groups attached to an aromatic ring is 1. The number of rotatable bonds is 5. The summed E-state index contributed by atoms with van der Waals surface area (Å²) < 4.78 is 61.1. The smallest absolute Gasteiger partial charge is 0.245 e. The highest BCUT2D eigenvalue weighted by molar-refractivity contribution is 9.10. The summed E-state index contributed by atoms with van der Waals surface area (Å²) in [4.78, 5) is -0.597. The molecule has 0 saturated heterocycles. The highest BCUT2D eigenvalue weighted by Gasteiger charge is 2.26. The van der Waals surface area contributed by atoms with Crippen LogP contribution in [0.15, 0.2) is 21.5 Å². The fourth-order valence-electron chi connectivity index (χ4n) is 1.35. The fraction of sp³-hybridized carbons (Fsp3) is 0.400. The van der Waals surface area contributed by atoms with Gasteiger partial charge in [0.05, 0.1) is 10.2 Å². The van der Waals surface area contributed by atoms with E-state index in [4.69, 9.17) is 5.73 Å². The van der Waals surface area contributed by atoms with Gasteiger partial charge >= 0.3 is 0 Å². The highest BCUT2D eigenvalue weighted by Crippen LogP contribution is 2.27. The van der Waals surface area contributed by atoms with E-state index in [0.717, 1.165) is 16.6 Å². The van der Waals surface area contributed by atoms with Crippen LogP contribution >= 0.6 is 15.9 Å². The van der Waals surface area contributed by atoms with Gasteiger partial charge in [-0.25, -0.2) is 21.2 Å². The highest BCUT2D eigenvalue weighted by atomic mass is 79.9. The number of nitrogens with two attached hydrogens (primary N) is 1. The zero-order chi connectivity index (χ0) is 15.7. The first-order valence-corrected chi connectivity index (χ1v) is 9.63. The van der Waals surface area contributed by atoms with Gasteiger partial charge in [0.1, 0.15) is 14.7 Å². The molecular formula is C10H14BrFN2O4S2. The van der Waals surface area contributed by atoms with Crippen molar-refractivity contribution < 1.29 is 21.2 Å². The van der Waals surface area contributed by atoms with E-state index in [1.807, 2.05) is 0 Å². The Balaban J connectivity index is 3.17. The van der Waals surface area contributed by atoms with Crippen molar-refractivity contribution in [2.75, 3.05) is 31.3 Å². The van der Waals surface area contributed by atoms with Crippen LogP contribution in [0.5, 0.6) is 0 Å². The number of halogens is 2. The Morgan fingerprint density at radius 3 is 2.35 bits per heavy atom. The number of nitrogens with zero attached hydrogens (tertiary/aromatic N) is 1. The lowest BCUT2D eigenvalue weighted by atomic mass is 10.3. The Morgan fingerprint density at radius 1 is 1.30 bits per heavy atom. The van der Waals surface area contributed by atoms with E-state index < -0.39 is 30.6 Å². The first kappa shape index (κ1) is 17.3. The Morgan fingerprint density at radius 2 is 1.85 bits per heavy atom. The van der Waals surface area contributed by atoms with Gasteiger partial charge in [0, 0.05) is 25.5 Å². The average Bonchev–Trinajstić information content (AvgIpc) is 2.29. The molecule has 1 rings (SSSR count). The maximum absolute atomic E-state index is 13.9. The molecule has 0 aliphatic carbocycles. The van der Waals surface area contributed by atoms with Crippen LogP contribution in [0.25, 0.3) is 0 Å². The topological polar surface area (TPSA) is 97.5 Å². The minimum atomic E-state index is -4.15. The Bertz CT molecular complexity index is 719. The lowest BCUT2D eigenvalue weighted by Gasteiger charge is -2.17. The maximum atomic E-state index is 13.9. The zero-order valence-corrected chi connectivity index (χ0v) is 14.0. The van der Waals surface area contributed by atoms with Gasteiger partial charge in [-0.15, -0.1) is 0 Å². The van der Waals surface area contributed by atoms with Gasteiger partial charge < -0.3 is 5.73 Å². The molecule has 2 N–H and O–H groups in total. The first-order chi connectivity index (χ1) is 8.95. The van der Waals surface area contributed by atoms with Crippen LogP contribution in [0.1, 0.15) is 0 Å². The number of sulfonamides is 1. The summed E-state index contributed by atoms with van der Waals surface area (Å²) in [7, 11) is -6.30. The van der Waals surface area contributed by atoms with Gasteiger partial charge in [0.15, 0.2) is 5.82 Å². The minimum Gasteiger partial charge on any atom is -0.399 e. The number of benzene rings is 1. The molecule has 0 bridgehead atoms.